The number of nitrogens with zero attached hydrogens (tertiary/aromatic N) is 1. The number of aromatic nitrogens is 1. The molecule has 0 aliphatic heterocycles. The molecule has 7 heteroatoms. The van der Waals surface area contributed by atoms with Crippen LogP contribution in [0.2, 0.25) is 0 Å². The summed E-state index contributed by atoms with van der Waals surface area (Å²) in [4.78, 5) is 0.272. The Labute approximate surface area is 216 Å². The molecule has 1 aliphatic rings. The zero-order valence-corrected chi connectivity index (χ0v) is 22.7. The molecule has 4 aromatic rings. The third kappa shape index (κ3) is 4.50. The molecule has 0 radical (unpaired) electrons. The molecule has 0 fully saturated rings. The fraction of sp³-hybridized carbons (Fsp3) is 0.310. The van der Waals surface area contributed by atoms with Crippen LogP contribution in [0.3, 0.4) is 0 Å². The van der Waals surface area contributed by atoms with Crippen LogP contribution in [-0.2, 0) is 27.8 Å². The average molecular weight is 521 g/mol. The second kappa shape index (κ2) is 9.38. The molecule has 0 unspecified atom stereocenters. The van der Waals surface area contributed by atoms with Crippen molar-refractivity contribution in [2.24, 2.45) is 0 Å². The van der Waals surface area contributed by atoms with Crippen molar-refractivity contribution in [3.05, 3.63) is 89.6 Å². The Balaban J connectivity index is 1.75. The number of benzene rings is 3. The summed E-state index contributed by atoms with van der Waals surface area (Å²) in [6.07, 6.45) is 2.27. The van der Waals surface area contributed by atoms with Crippen molar-refractivity contribution in [1.29, 1.82) is 0 Å². The highest BCUT2D eigenvalue weighted by molar-refractivity contribution is 7.91. The normalized spacial score (nSPS) is 17.2. The maximum Gasteiger partial charge on any atom is 0.268 e. The second-order valence-electron chi connectivity index (χ2n) is 10.5. The van der Waals surface area contributed by atoms with E-state index in [1.807, 2.05) is 70.2 Å². The minimum Gasteiger partial charge on any atom is -0.598 e. The molecule has 5 rings (SSSR count). The molecule has 188 valence electrons. The highest BCUT2D eigenvalue weighted by atomic mass is 32.2. The molecule has 1 aromatic heterocycles. The first-order valence-electron chi connectivity index (χ1n) is 12.3. The molecule has 1 heterocycles. The standard InChI is InChI=1S/C29H32N2O3S2/c1-20-13-16-23(17-14-20)36(33,34)31-26-18-15-22(21-9-6-5-7-10-21)19-24(26)28-25(11-8-12-27(28)31)30-35(32)29(2,3)4/h5-7,9-10,13-19,25,30H,8,11-12H2,1-4H3/t25-,35-/m1/s1. The van der Waals surface area contributed by atoms with E-state index in [1.165, 1.54) is 3.97 Å². The lowest BCUT2D eigenvalue weighted by Crippen LogP contribution is -2.42. The lowest BCUT2D eigenvalue weighted by Gasteiger charge is -2.30. The van der Waals surface area contributed by atoms with Gasteiger partial charge in [0.1, 0.15) is 4.75 Å². The Bertz CT molecular complexity index is 1500. The van der Waals surface area contributed by atoms with Gasteiger partial charge in [-0.1, -0.05) is 54.1 Å². The van der Waals surface area contributed by atoms with Crippen LogP contribution < -0.4 is 4.72 Å². The highest BCUT2D eigenvalue weighted by Gasteiger charge is 2.37. The molecule has 1 aliphatic carbocycles. The smallest absolute Gasteiger partial charge is 0.268 e. The number of fused-ring (bicyclic) bond motifs is 3. The largest absolute Gasteiger partial charge is 0.598 e. The summed E-state index contributed by atoms with van der Waals surface area (Å²) in [5.41, 5.74) is 5.50. The van der Waals surface area contributed by atoms with Gasteiger partial charge in [0.2, 0.25) is 0 Å². The van der Waals surface area contributed by atoms with Crippen molar-refractivity contribution >= 4 is 32.3 Å². The van der Waals surface area contributed by atoms with Crippen LogP contribution in [-0.4, -0.2) is 21.7 Å². The molecular weight excluding hydrogens is 488 g/mol. The van der Waals surface area contributed by atoms with Crippen molar-refractivity contribution in [1.82, 2.24) is 8.69 Å². The summed E-state index contributed by atoms with van der Waals surface area (Å²) < 4.78 is 45.6. The van der Waals surface area contributed by atoms with Gasteiger partial charge in [-0.2, -0.15) is 0 Å². The Morgan fingerprint density at radius 3 is 2.33 bits per heavy atom. The molecule has 2 atom stereocenters. The molecule has 36 heavy (non-hydrogen) atoms. The molecular formula is C29H32N2O3S2. The molecule has 0 bridgehead atoms. The fourth-order valence-electron chi connectivity index (χ4n) is 4.91. The van der Waals surface area contributed by atoms with Crippen LogP contribution >= 0.6 is 0 Å². The van der Waals surface area contributed by atoms with E-state index in [4.69, 9.17) is 0 Å². The minimum absolute atomic E-state index is 0.197. The molecule has 0 spiro atoms. The van der Waals surface area contributed by atoms with Gasteiger partial charge >= 0.3 is 0 Å². The van der Waals surface area contributed by atoms with Crippen molar-refractivity contribution in [3.8, 4) is 11.1 Å². The Morgan fingerprint density at radius 2 is 1.67 bits per heavy atom. The van der Waals surface area contributed by atoms with Gasteiger partial charge in [-0.05, 0) is 82.3 Å². The van der Waals surface area contributed by atoms with Crippen LogP contribution in [0, 0.1) is 6.92 Å². The van der Waals surface area contributed by atoms with E-state index in [2.05, 4.69) is 22.9 Å². The lowest BCUT2D eigenvalue weighted by atomic mass is 9.90. The Kier molecular flexibility index (Phi) is 6.53. The van der Waals surface area contributed by atoms with Crippen LogP contribution in [0.4, 0.5) is 0 Å². The van der Waals surface area contributed by atoms with Gasteiger partial charge in [-0.25, -0.2) is 12.4 Å². The number of nitrogens with one attached hydrogen (secondary N) is 1. The molecule has 0 amide bonds. The third-order valence-corrected chi connectivity index (χ3v) is 10.2. The number of rotatable bonds is 5. The quantitative estimate of drug-likeness (QED) is 0.314. The van der Waals surface area contributed by atoms with Crippen LogP contribution in [0.1, 0.15) is 56.5 Å². The second-order valence-corrected chi connectivity index (χ2v) is 14.3. The molecule has 5 nitrogen and oxygen atoms in total. The topological polar surface area (TPSA) is 74.2 Å². The van der Waals surface area contributed by atoms with E-state index >= 15 is 0 Å². The summed E-state index contributed by atoms with van der Waals surface area (Å²) in [5, 5.41) is 0.894. The number of hydrogen-bond donors (Lipinski definition) is 1. The van der Waals surface area contributed by atoms with Crippen LogP contribution in [0.25, 0.3) is 22.0 Å². The first-order chi connectivity index (χ1) is 17.1. The van der Waals surface area contributed by atoms with Gasteiger partial charge in [0, 0.05) is 28.0 Å². The fourth-order valence-corrected chi connectivity index (χ4v) is 7.34. The third-order valence-electron chi connectivity index (χ3n) is 6.79. The van der Waals surface area contributed by atoms with Crippen molar-refractivity contribution < 1.29 is 13.0 Å². The maximum atomic E-state index is 14.0. The summed E-state index contributed by atoms with van der Waals surface area (Å²) in [6, 6.07) is 22.9. The zero-order valence-electron chi connectivity index (χ0n) is 21.1. The van der Waals surface area contributed by atoms with Gasteiger partial charge in [0.25, 0.3) is 10.0 Å². The lowest BCUT2D eigenvalue weighted by molar-refractivity contribution is 0.488. The summed E-state index contributed by atoms with van der Waals surface area (Å²) in [6.45, 7) is 7.77. The summed E-state index contributed by atoms with van der Waals surface area (Å²) in [5.74, 6) is 0. The van der Waals surface area contributed by atoms with Gasteiger partial charge in [-0.15, -0.1) is 4.72 Å². The van der Waals surface area contributed by atoms with E-state index < -0.39 is 26.1 Å². The Hall–Kier alpha value is -2.58. The predicted molar refractivity (Wildman–Crippen MR) is 148 cm³/mol. The van der Waals surface area contributed by atoms with Crippen molar-refractivity contribution in [2.75, 3.05) is 0 Å². The van der Waals surface area contributed by atoms with E-state index in [1.54, 1.807) is 12.1 Å². The summed E-state index contributed by atoms with van der Waals surface area (Å²) in [7, 11) is -3.83. The van der Waals surface area contributed by atoms with Crippen molar-refractivity contribution in [2.45, 2.75) is 62.6 Å². The van der Waals surface area contributed by atoms with E-state index in [0.717, 1.165) is 46.2 Å². The average Bonchev–Trinajstić information content (AvgIpc) is 3.19. The maximum absolute atomic E-state index is 14.0. The first-order valence-corrected chi connectivity index (χ1v) is 14.9. The number of aryl methyl sites for hydroxylation is 1. The monoisotopic (exact) mass is 520 g/mol. The van der Waals surface area contributed by atoms with E-state index in [9.17, 15) is 13.0 Å². The van der Waals surface area contributed by atoms with E-state index in [-0.39, 0.29) is 10.9 Å². The Morgan fingerprint density at radius 1 is 0.972 bits per heavy atom. The minimum atomic E-state index is -3.83. The predicted octanol–water partition coefficient (Wildman–Crippen LogP) is 6.28. The van der Waals surface area contributed by atoms with Gasteiger partial charge < -0.3 is 4.55 Å². The van der Waals surface area contributed by atoms with Crippen molar-refractivity contribution in [3.63, 3.8) is 0 Å². The molecule has 0 saturated heterocycles. The molecule has 3 aromatic carbocycles. The van der Waals surface area contributed by atoms with E-state index in [0.29, 0.717) is 11.9 Å². The van der Waals surface area contributed by atoms with Crippen LogP contribution in [0.5, 0.6) is 0 Å². The number of hydrogen-bond acceptors (Lipinski definition) is 4. The molecule has 1 N–H and O–H groups in total. The van der Waals surface area contributed by atoms with Gasteiger partial charge in [0.05, 0.1) is 16.5 Å². The zero-order chi connectivity index (χ0) is 25.7. The highest BCUT2D eigenvalue weighted by Crippen LogP contribution is 2.42. The SMILES string of the molecule is Cc1ccc(S(=O)(=O)n2c3c(c4cc(-c5ccccc5)ccc42)[C@H](N[S@+]([O-])C(C)(C)C)CCC3)cc1. The first kappa shape index (κ1) is 25.1. The summed E-state index contributed by atoms with van der Waals surface area (Å²) >= 11 is -1.29. The van der Waals surface area contributed by atoms with Gasteiger partial charge in [0.15, 0.2) is 0 Å². The van der Waals surface area contributed by atoms with Gasteiger partial charge in [-0.3, -0.25) is 0 Å². The molecule has 0 saturated carbocycles. The van der Waals surface area contributed by atoms with Crippen LogP contribution in [0.15, 0.2) is 77.7 Å².